The fraction of sp³-hybridized carbons (Fsp3) is 0.400. The molecule has 0 saturated carbocycles. The maximum absolute atomic E-state index is 12.4. The summed E-state index contributed by atoms with van der Waals surface area (Å²) in [6, 6.07) is 13.8. The van der Waals surface area contributed by atoms with Crippen LogP contribution in [0.3, 0.4) is 0 Å². The lowest BCUT2D eigenvalue weighted by Crippen LogP contribution is -2.50. The van der Waals surface area contributed by atoms with Crippen LogP contribution in [-0.4, -0.2) is 59.9 Å². The minimum absolute atomic E-state index is 0.281. The van der Waals surface area contributed by atoms with Gasteiger partial charge >= 0.3 is 6.09 Å². The Bertz CT molecular complexity index is 1110. The number of rotatable bonds is 5. The second-order valence-corrected chi connectivity index (χ2v) is 8.95. The number of piperazine rings is 1. The van der Waals surface area contributed by atoms with Crippen LogP contribution in [0.25, 0.3) is 10.9 Å². The summed E-state index contributed by atoms with van der Waals surface area (Å²) >= 11 is 0. The van der Waals surface area contributed by atoms with Crippen molar-refractivity contribution in [3.05, 3.63) is 54.4 Å². The van der Waals surface area contributed by atoms with Crippen LogP contribution in [-0.2, 0) is 11.3 Å². The van der Waals surface area contributed by atoms with Crippen molar-refractivity contribution in [1.82, 2.24) is 14.9 Å². The SMILES string of the molecule is COc1cc2c(N3CCN(C(=O)OC(C)(C)C)CC3)ncnc2cc1OCc1ccccc1. The Balaban J connectivity index is 1.51. The number of anilines is 1. The van der Waals surface area contributed by atoms with Gasteiger partial charge in [-0.2, -0.15) is 0 Å². The summed E-state index contributed by atoms with van der Waals surface area (Å²) in [7, 11) is 1.62. The Kier molecular flexibility index (Phi) is 6.53. The normalized spacial score (nSPS) is 14.3. The van der Waals surface area contributed by atoms with Crippen LogP contribution in [0.5, 0.6) is 11.5 Å². The lowest BCUT2D eigenvalue weighted by molar-refractivity contribution is 0.0240. The Hall–Kier alpha value is -3.55. The van der Waals surface area contributed by atoms with Crippen LogP contribution in [0.15, 0.2) is 48.8 Å². The van der Waals surface area contributed by atoms with Crippen LogP contribution in [0.2, 0.25) is 0 Å². The number of hydrogen-bond acceptors (Lipinski definition) is 7. The maximum Gasteiger partial charge on any atom is 0.410 e. The minimum atomic E-state index is -0.506. The van der Waals surface area contributed by atoms with Crippen molar-refractivity contribution in [2.45, 2.75) is 33.0 Å². The molecule has 33 heavy (non-hydrogen) atoms. The average molecular weight is 451 g/mol. The number of ether oxygens (including phenoxy) is 3. The van der Waals surface area contributed by atoms with E-state index in [9.17, 15) is 4.79 Å². The topological polar surface area (TPSA) is 77.0 Å². The predicted molar refractivity (Wildman–Crippen MR) is 127 cm³/mol. The molecular weight excluding hydrogens is 420 g/mol. The largest absolute Gasteiger partial charge is 0.493 e. The van der Waals surface area contributed by atoms with Crippen molar-refractivity contribution >= 4 is 22.8 Å². The van der Waals surface area contributed by atoms with Gasteiger partial charge < -0.3 is 24.0 Å². The van der Waals surface area contributed by atoms with E-state index in [0.717, 1.165) is 22.3 Å². The van der Waals surface area contributed by atoms with Gasteiger partial charge in [0, 0.05) is 37.6 Å². The molecule has 8 nitrogen and oxygen atoms in total. The zero-order valence-electron chi connectivity index (χ0n) is 19.6. The first-order valence-electron chi connectivity index (χ1n) is 11.1. The summed E-state index contributed by atoms with van der Waals surface area (Å²) in [4.78, 5) is 25.3. The van der Waals surface area contributed by atoms with Crippen molar-refractivity contribution in [2.24, 2.45) is 0 Å². The number of amides is 1. The molecular formula is C25H30N4O4. The second-order valence-electron chi connectivity index (χ2n) is 8.95. The van der Waals surface area contributed by atoms with E-state index >= 15 is 0 Å². The molecule has 2 heterocycles. The molecule has 1 saturated heterocycles. The maximum atomic E-state index is 12.4. The Labute approximate surface area is 194 Å². The van der Waals surface area contributed by atoms with Gasteiger partial charge in [0.05, 0.1) is 12.6 Å². The number of carbonyl (C=O) groups is 1. The molecule has 1 amide bonds. The summed E-state index contributed by atoms with van der Waals surface area (Å²) < 4.78 is 17.1. The highest BCUT2D eigenvalue weighted by atomic mass is 16.6. The van der Waals surface area contributed by atoms with Crippen molar-refractivity contribution in [3.8, 4) is 11.5 Å². The average Bonchev–Trinajstić information content (AvgIpc) is 2.81. The van der Waals surface area contributed by atoms with Gasteiger partial charge in [0.2, 0.25) is 0 Å². The fourth-order valence-electron chi connectivity index (χ4n) is 3.74. The summed E-state index contributed by atoms with van der Waals surface area (Å²) in [5.41, 5.74) is 1.35. The van der Waals surface area contributed by atoms with Gasteiger partial charge in [0.25, 0.3) is 0 Å². The predicted octanol–water partition coefficient (Wildman–Crippen LogP) is 4.27. The zero-order valence-corrected chi connectivity index (χ0v) is 19.6. The Morgan fingerprint density at radius 3 is 2.39 bits per heavy atom. The second kappa shape index (κ2) is 9.52. The molecule has 0 unspecified atom stereocenters. The van der Waals surface area contributed by atoms with Gasteiger partial charge in [-0.15, -0.1) is 0 Å². The van der Waals surface area contributed by atoms with Crippen molar-refractivity contribution < 1.29 is 19.0 Å². The van der Waals surface area contributed by atoms with Gasteiger partial charge in [0.1, 0.15) is 24.4 Å². The first-order chi connectivity index (χ1) is 15.8. The van der Waals surface area contributed by atoms with Gasteiger partial charge in [-0.1, -0.05) is 30.3 Å². The Morgan fingerprint density at radius 1 is 1.00 bits per heavy atom. The molecule has 0 spiro atoms. The third-order valence-electron chi connectivity index (χ3n) is 5.37. The molecule has 1 aromatic heterocycles. The molecule has 0 bridgehead atoms. The minimum Gasteiger partial charge on any atom is -0.493 e. The quantitative estimate of drug-likeness (QED) is 0.574. The van der Waals surface area contributed by atoms with Gasteiger partial charge in [0.15, 0.2) is 11.5 Å². The van der Waals surface area contributed by atoms with Crippen molar-refractivity contribution in [1.29, 1.82) is 0 Å². The van der Waals surface area contributed by atoms with Crippen LogP contribution in [0, 0.1) is 0 Å². The highest BCUT2D eigenvalue weighted by Gasteiger charge is 2.27. The smallest absolute Gasteiger partial charge is 0.410 e. The molecule has 174 valence electrons. The zero-order chi connectivity index (χ0) is 23.4. The third-order valence-corrected chi connectivity index (χ3v) is 5.37. The van der Waals surface area contributed by atoms with Crippen LogP contribution in [0.4, 0.5) is 10.6 Å². The summed E-state index contributed by atoms with van der Waals surface area (Å²) in [5, 5.41) is 0.882. The highest BCUT2D eigenvalue weighted by Crippen LogP contribution is 2.35. The number of benzene rings is 2. The lowest BCUT2D eigenvalue weighted by atomic mass is 10.2. The summed E-state index contributed by atoms with van der Waals surface area (Å²) in [6.45, 7) is 8.50. The lowest BCUT2D eigenvalue weighted by Gasteiger charge is -2.36. The van der Waals surface area contributed by atoms with Crippen LogP contribution >= 0.6 is 0 Å². The number of methoxy groups -OCH3 is 1. The van der Waals surface area contributed by atoms with Gasteiger partial charge in [-0.3, -0.25) is 0 Å². The first kappa shape index (κ1) is 22.6. The molecule has 1 aliphatic rings. The number of nitrogens with zero attached hydrogens (tertiary/aromatic N) is 4. The molecule has 0 aliphatic carbocycles. The Morgan fingerprint density at radius 2 is 1.73 bits per heavy atom. The molecule has 1 aliphatic heterocycles. The number of hydrogen-bond donors (Lipinski definition) is 0. The number of carbonyl (C=O) groups excluding carboxylic acids is 1. The molecule has 3 aromatic rings. The number of aromatic nitrogens is 2. The summed E-state index contributed by atoms with van der Waals surface area (Å²) in [6.07, 6.45) is 1.28. The van der Waals surface area contributed by atoms with E-state index in [2.05, 4.69) is 14.9 Å². The van der Waals surface area contributed by atoms with Crippen LogP contribution < -0.4 is 14.4 Å². The molecule has 4 rings (SSSR count). The van der Waals surface area contributed by atoms with Crippen molar-refractivity contribution in [3.63, 3.8) is 0 Å². The first-order valence-corrected chi connectivity index (χ1v) is 11.1. The molecule has 0 N–H and O–H groups in total. The fourth-order valence-corrected chi connectivity index (χ4v) is 3.74. The standard InChI is InChI=1S/C25H30N4O4/c1-25(2,3)33-24(30)29-12-10-28(11-13-29)23-19-14-21(31-4)22(15-20(19)26-17-27-23)32-16-18-8-6-5-7-9-18/h5-9,14-15,17H,10-13,16H2,1-4H3. The van der Waals surface area contributed by atoms with E-state index in [1.165, 1.54) is 0 Å². The molecule has 1 fully saturated rings. The van der Waals surface area contributed by atoms with E-state index in [1.54, 1.807) is 18.3 Å². The van der Waals surface area contributed by atoms with E-state index < -0.39 is 5.60 Å². The van der Waals surface area contributed by atoms with E-state index in [1.807, 2.05) is 63.2 Å². The molecule has 8 heteroatoms. The van der Waals surface area contributed by atoms with Gasteiger partial charge in [-0.25, -0.2) is 14.8 Å². The third kappa shape index (κ3) is 5.45. The monoisotopic (exact) mass is 450 g/mol. The molecule has 0 atom stereocenters. The summed E-state index contributed by atoms with van der Waals surface area (Å²) in [5.74, 6) is 2.08. The molecule has 0 radical (unpaired) electrons. The van der Waals surface area contributed by atoms with Crippen molar-refractivity contribution in [2.75, 3.05) is 38.2 Å². The molecule has 2 aromatic carbocycles. The van der Waals surface area contributed by atoms with Crippen LogP contribution in [0.1, 0.15) is 26.3 Å². The van der Waals surface area contributed by atoms with E-state index in [4.69, 9.17) is 14.2 Å². The van der Waals surface area contributed by atoms with E-state index in [-0.39, 0.29) is 6.09 Å². The van der Waals surface area contributed by atoms with Gasteiger partial charge in [-0.05, 0) is 32.4 Å². The van der Waals surface area contributed by atoms with E-state index in [0.29, 0.717) is 44.3 Å². The highest BCUT2D eigenvalue weighted by molar-refractivity contribution is 5.92. The number of fused-ring (bicyclic) bond motifs is 1.